The number of aliphatic carboxylic acids is 1. The van der Waals surface area contributed by atoms with Gasteiger partial charge < -0.3 is 14.8 Å². The second kappa shape index (κ2) is 6.27. The molecule has 9 heteroatoms. The molecular formula is C12H18N2O6S. The van der Waals surface area contributed by atoms with Crippen molar-refractivity contribution in [2.24, 2.45) is 0 Å². The Morgan fingerprint density at radius 1 is 1.38 bits per heavy atom. The van der Waals surface area contributed by atoms with Crippen LogP contribution in [0.3, 0.4) is 0 Å². The van der Waals surface area contributed by atoms with E-state index in [1.54, 1.807) is 6.92 Å². The first-order valence-corrected chi connectivity index (χ1v) is 7.74. The molecule has 8 nitrogen and oxygen atoms in total. The fourth-order valence-electron chi connectivity index (χ4n) is 1.72. The van der Waals surface area contributed by atoms with Crippen molar-refractivity contribution in [3.05, 3.63) is 17.9 Å². The number of furan rings is 1. The quantitative estimate of drug-likeness (QED) is 0.674. The minimum Gasteiger partial charge on any atom is -0.480 e. The van der Waals surface area contributed by atoms with Crippen LogP contribution in [0.2, 0.25) is 0 Å². The van der Waals surface area contributed by atoms with Crippen molar-refractivity contribution in [2.75, 3.05) is 7.05 Å². The minimum atomic E-state index is -3.79. The molecule has 1 heterocycles. The number of nitrogens with one attached hydrogen (secondary N) is 2. The summed E-state index contributed by atoms with van der Waals surface area (Å²) in [5.41, 5.74) is -1.44. The topological polar surface area (TPSA) is 126 Å². The van der Waals surface area contributed by atoms with E-state index in [0.717, 1.165) is 6.07 Å². The van der Waals surface area contributed by atoms with Gasteiger partial charge in [0.05, 0.1) is 0 Å². The molecule has 0 aliphatic heterocycles. The van der Waals surface area contributed by atoms with Crippen LogP contribution in [0.4, 0.5) is 0 Å². The highest BCUT2D eigenvalue weighted by molar-refractivity contribution is 7.89. The SMILES string of the molecule is CCCC(C)(NC(=O)c1ccc(S(=O)(=O)NC)o1)C(=O)O. The largest absolute Gasteiger partial charge is 0.480 e. The average Bonchev–Trinajstić information content (AvgIpc) is 2.89. The second-order valence-corrected chi connectivity index (χ2v) is 6.49. The molecule has 0 aliphatic rings. The number of sulfonamides is 1. The maximum absolute atomic E-state index is 12.0. The molecule has 1 rings (SSSR count). The highest BCUT2D eigenvalue weighted by Crippen LogP contribution is 2.17. The maximum atomic E-state index is 12.0. The number of hydrogen-bond acceptors (Lipinski definition) is 5. The van der Waals surface area contributed by atoms with E-state index in [4.69, 9.17) is 4.42 Å². The van der Waals surface area contributed by atoms with Crippen LogP contribution in [0.15, 0.2) is 21.6 Å². The lowest BCUT2D eigenvalue weighted by molar-refractivity contribution is -0.144. The van der Waals surface area contributed by atoms with Crippen molar-refractivity contribution in [2.45, 2.75) is 37.3 Å². The summed E-state index contributed by atoms with van der Waals surface area (Å²) in [6.07, 6.45) is 0.789. The molecule has 0 spiro atoms. The molecule has 0 aromatic carbocycles. The van der Waals surface area contributed by atoms with E-state index < -0.39 is 32.5 Å². The standard InChI is InChI=1S/C12H18N2O6S/c1-4-7-12(2,11(16)17)14-10(15)8-5-6-9(20-8)21(18,19)13-3/h5-6,13H,4,7H2,1-3H3,(H,14,15)(H,16,17). The molecule has 1 aromatic heterocycles. The molecule has 0 aliphatic carbocycles. The van der Waals surface area contributed by atoms with Gasteiger partial charge in [0.25, 0.3) is 15.9 Å². The van der Waals surface area contributed by atoms with E-state index in [9.17, 15) is 23.1 Å². The number of carboxylic acid groups (broad SMARTS) is 1. The predicted octanol–water partition coefficient (Wildman–Crippen LogP) is 0.561. The third-order valence-corrected chi connectivity index (χ3v) is 4.24. The van der Waals surface area contributed by atoms with E-state index in [0.29, 0.717) is 6.42 Å². The molecule has 0 saturated heterocycles. The van der Waals surface area contributed by atoms with E-state index in [1.165, 1.54) is 20.0 Å². The summed E-state index contributed by atoms with van der Waals surface area (Å²) >= 11 is 0. The number of carboxylic acids is 1. The molecule has 21 heavy (non-hydrogen) atoms. The van der Waals surface area contributed by atoms with Crippen LogP contribution in [-0.4, -0.2) is 38.0 Å². The second-order valence-electron chi connectivity index (χ2n) is 4.67. The van der Waals surface area contributed by atoms with E-state index in [2.05, 4.69) is 5.32 Å². The Kier molecular flexibility index (Phi) is 5.13. The lowest BCUT2D eigenvalue weighted by Crippen LogP contribution is -2.52. The van der Waals surface area contributed by atoms with Gasteiger partial charge in [-0.25, -0.2) is 17.9 Å². The average molecular weight is 318 g/mol. The maximum Gasteiger partial charge on any atom is 0.329 e. The Labute approximate surface area is 122 Å². The van der Waals surface area contributed by atoms with Crippen molar-refractivity contribution in [3.63, 3.8) is 0 Å². The van der Waals surface area contributed by atoms with Crippen molar-refractivity contribution < 1.29 is 27.5 Å². The number of hydrogen-bond donors (Lipinski definition) is 3. The summed E-state index contributed by atoms with van der Waals surface area (Å²) in [4.78, 5) is 23.2. The lowest BCUT2D eigenvalue weighted by Gasteiger charge is -2.25. The van der Waals surface area contributed by atoms with E-state index in [-0.39, 0.29) is 12.2 Å². The Balaban J connectivity index is 2.97. The minimum absolute atomic E-state index is 0.233. The third kappa shape index (κ3) is 3.82. The molecule has 1 unspecified atom stereocenters. The summed E-state index contributed by atoms with van der Waals surface area (Å²) in [7, 11) is -2.59. The van der Waals surface area contributed by atoms with Crippen molar-refractivity contribution in [1.29, 1.82) is 0 Å². The third-order valence-electron chi connectivity index (χ3n) is 2.95. The zero-order valence-electron chi connectivity index (χ0n) is 12.0. The number of carbonyl (C=O) groups is 2. The zero-order chi connectivity index (χ0) is 16.3. The van der Waals surface area contributed by atoms with Gasteiger partial charge in [0.2, 0.25) is 5.09 Å². The van der Waals surface area contributed by atoms with Gasteiger partial charge in [0.15, 0.2) is 5.76 Å². The lowest BCUT2D eigenvalue weighted by atomic mass is 9.96. The molecule has 0 bridgehead atoms. The summed E-state index contributed by atoms with van der Waals surface area (Å²) in [5.74, 6) is -2.23. The van der Waals surface area contributed by atoms with Gasteiger partial charge in [-0.15, -0.1) is 0 Å². The van der Waals surface area contributed by atoms with Crippen molar-refractivity contribution >= 4 is 21.9 Å². The number of rotatable bonds is 7. The van der Waals surface area contributed by atoms with E-state index >= 15 is 0 Å². The van der Waals surface area contributed by atoms with Gasteiger partial charge in [-0.05, 0) is 32.5 Å². The van der Waals surface area contributed by atoms with Gasteiger partial charge in [-0.3, -0.25) is 4.79 Å². The molecule has 1 amide bonds. The summed E-state index contributed by atoms with van der Waals surface area (Å²) in [5, 5.41) is 11.1. The summed E-state index contributed by atoms with van der Waals surface area (Å²) in [6.45, 7) is 3.17. The first kappa shape index (κ1) is 17.2. The van der Waals surface area contributed by atoms with Gasteiger partial charge in [0, 0.05) is 0 Å². The highest BCUT2D eigenvalue weighted by atomic mass is 32.2. The van der Waals surface area contributed by atoms with Gasteiger partial charge in [-0.2, -0.15) is 0 Å². The Hall–Kier alpha value is -1.87. The van der Waals surface area contributed by atoms with Crippen LogP contribution in [0, 0.1) is 0 Å². The summed E-state index contributed by atoms with van der Waals surface area (Å²) in [6, 6.07) is 2.30. The Morgan fingerprint density at radius 2 is 2.00 bits per heavy atom. The van der Waals surface area contributed by atoms with Crippen molar-refractivity contribution in [1.82, 2.24) is 10.0 Å². The predicted molar refractivity (Wildman–Crippen MR) is 73.4 cm³/mol. The van der Waals surface area contributed by atoms with Gasteiger partial charge in [0.1, 0.15) is 5.54 Å². The van der Waals surface area contributed by atoms with Crippen LogP contribution in [0.5, 0.6) is 0 Å². The normalized spacial score (nSPS) is 14.4. The fourth-order valence-corrected chi connectivity index (χ4v) is 2.37. The molecule has 1 aromatic rings. The first-order chi connectivity index (χ1) is 9.66. The van der Waals surface area contributed by atoms with Crippen LogP contribution in [0.25, 0.3) is 0 Å². The first-order valence-electron chi connectivity index (χ1n) is 6.25. The zero-order valence-corrected chi connectivity index (χ0v) is 12.8. The molecule has 0 saturated carbocycles. The molecule has 0 radical (unpaired) electrons. The highest BCUT2D eigenvalue weighted by Gasteiger charge is 2.35. The van der Waals surface area contributed by atoms with Crippen molar-refractivity contribution in [3.8, 4) is 0 Å². The van der Waals surface area contributed by atoms with Crippen LogP contribution < -0.4 is 10.0 Å². The molecule has 1 atom stereocenters. The number of amides is 1. The Morgan fingerprint density at radius 3 is 2.48 bits per heavy atom. The fraction of sp³-hybridized carbons (Fsp3) is 0.500. The van der Waals surface area contributed by atoms with Crippen LogP contribution in [0.1, 0.15) is 37.2 Å². The van der Waals surface area contributed by atoms with Crippen LogP contribution >= 0.6 is 0 Å². The smallest absolute Gasteiger partial charge is 0.329 e. The van der Waals surface area contributed by atoms with Gasteiger partial charge in [-0.1, -0.05) is 13.3 Å². The Bertz CT molecular complexity index is 636. The number of carbonyl (C=O) groups excluding carboxylic acids is 1. The molecule has 0 fully saturated rings. The molecule has 3 N–H and O–H groups in total. The van der Waals surface area contributed by atoms with Crippen LogP contribution in [-0.2, 0) is 14.8 Å². The van der Waals surface area contributed by atoms with Gasteiger partial charge >= 0.3 is 5.97 Å². The molecule has 118 valence electrons. The molecular weight excluding hydrogens is 300 g/mol. The summed E-state index contributed by atoms with van der Waals surface area (Å²) < 4.78 is 30.0. The monoisotopic (exact) mass is 318 g/mol. The van der Waals surface area contributed by atoms with E-state index in [1.807, 2.05) is 4.72 Å².